The zero-order chi connectivity index (χ0) is 13.1. The Morgan fingerprint density at radius 3 is 2.26 bits per heavy atom. The molecule has 1 aromatic rings. The summed E-state index contributed by atoms with van der Waals surface area (Å²) in [6.45, 7) is 2.40. The van der Waals surface area contributed by atoms with Crippen LogP contribution in [-0.4, -0.2) is 5.11 Å². The predicted molar refractivity (Wildman–Crippen MR) is 77.2 cm³/mol. The van der Waals surface area contributed by atoms with E-state index in [4.69, 9.17) is 0 Å². The molecule has 4 saturated carbocycles. The van der Waals surface area contributed by atoms with Gasteiger partial charge in [-0.2, -0.15) is 0 Å². The van der Waals surface area contributed by atoms with Crippen molar-refractivity contribution in [3.05, 3.63) is 29.8 Å². The molecule has 19 heavy (non-hydrogen) atoms. The van der Waals surface area contributed by atoms with Gasteiger partial charge >= 0.3 is 0 Å². The molecule has 4 bridgehead atoms. The Labute approximate surface area is 116 Å². The van der Waals surface area contributed by atoms with Crippen LogP contribution in [0, 0.1) is 17.3 Å². The Balaban J connectivity index is 1.76. The molecule has 1 heteroatoms. The summed E-state index contributed by atoms with van der Waals surface area (Å²) in [5, 5.41) is 9.54. The Hall–Kier alpha value is -0.980. The summed E-state index contributed by atoms with van der Waals surface area (Å²) < 4.78 is 0. The summed E-state index contributed by atoms with van der Waals surface area (Å²) in [5.74, 6) is 2.34. The maximum Gasteiger partial charge on any atom is 0.115 e. The van der Waals surface area contributed by atoms with Crippen molar-refractivity contribution in [3.63, 3.8) is 0 Å². The lowest BCUT2D eigenvalue weighted by molar-refractivity contribution is -0.0738. The molecule has 0 saturated heterocycles. The van der Waals surface area contributed by atoms with Gasteiger partial charge < -0.3 is 5.11 Å². The second-order valence-electron chi connectivity index (χ2n) is 7.64. The molecule has 4 aliphatic carbocycles. The maximum absolute atomic E-state index is 9.54. The molecule has 102 valence electrons. The van der Waals surface area contributed by atoms with Crippen molar-refractivity contribution in [2.45, 2.75) is 57.3 Å². The van der Waals surface area contributed by atoms with E-state index in [2.05, 4.69) is 19.1 Å². The van der Waals surface area contributed by atoms with Crippen molar-refractivity contribution in [3.8, 4) is 5.75 Å². The number of rotatable bonds is 2. The third kappa shape index (κ3) is 1.67. The van der Waals surface area contributed by atoms with E-state index in [-0.39, 0.29) is 0 Å². The van der Waals surface area contributed by atoms with E-state index in [0.717, 1.165) is 11.8 Å². The van der Waals surface area contributed by atoms with Crippen molar-refractivity contribution in [1.29, 1.82) is 0 Å². The molecule has 0 heterocycles. The van der Waals surface area contributed by atoms with Crippen LogP contribution in [0.25, 0.3) is 0 Å². The normalized spacial score (nSPS) is 43.6. The Morgan fingerprint density at radius 1 is 1.05 bits per heavy atom. The molecule has 4 aliphatic rings. The van der Waals surface area contributed by atoms with Crippen LogP contribution in [0.2, 0.25) is 0 Å². The standard InChI is InChI=1S/C18H24O/c1-2-17-8-13-7-14(9-17)11-18(10-13,12-17)15-3-5-16(19)6-4-15/h3-6,13-14,19H,2,7-12H2,1H3. The summed E-state index contributed by atoms with van der Waals surface area (Å²) in [5.41, 5.74) is 2.58. The number of phenols is 1. The zero-order valence-corrected chi connectivity index (χ0v) is 11.9. The topological polar surface area (TPSA) is 20.2 Å². The van der Waals surface area contributed by atoms with Gasteiger partial charge in [-0.05, 0) is 78.9 Å². The monoisotopic (exact) mass is 256 g/mol. The van der Waals surface area contributed by atoms with E-state index in [1.807, 2.05) is 12.1 Å². The highest BCUT2D eigenvalue weighted by molar-refractivity contribution is 5.34. The first-order valence-electron chi connectivity index (χ1n) is 7.93. The average molecular weight is 256 g/mol. The van der Waals surface area contributed by atoms with E-state index in [1.165, 1.54) is 50.5 Å². The van der Waals surface area contributed by atoms with E-state index >= 15 is 0 Å². The minimum Gasteiger partial charge on any atom is -0.508 e. The van der Waals surface area contributed by atoms with Crippen LogP contribution < -0.4 is 0 Å². The van der Waals surface area contributed by atoms with Gasteiger partial charge in [-0.3, -0.25) is 0 Å². The second-order valence-corrected chi connectivity index (χ2v) is 7.64. The van der Waals surface area contributed by atoms with E-state index in [1.54, 1.807) is 0 Å². The van der Waals surface area contributed by atoms with Crippen LogP contribution in [0.3, 0.4) is 0 Å². The third-order valence-corrected chi connectivity index (χ3v) is 6.41. The van der Waals surface area contributed by atoms with Crippen LogP contribution in [0.1, 0.15) is 57.4 Å². The molecule has 1 nitrogen and oxygen atoms in total. The summed E-state index contributed by atoms with van der Waals surface area (Å²) in [6, 6.07) is 8.14. The van der Waals surface area contributed by atoms with Crippen molar-refractivity contribution in [2.24, 2.45) is 17.3 Å². The number of aromatic hydroxyl groups is 1. The molecule has 4 fully saturated rings. The molecular formula is C18H24O. The first-order valence-corrected chi connectivity index (χ1v) is 7.93. The minimum absolute atomic E-state index is 0.402. The highest BCUT2D eigenvalue weighted by atomic mass is 16.3. The van der Waals surface area contributed by atoms with E-state index in [0.29, 0.717) is 16.6 Å². The molecule has 0 amide bonds. The van der Waals surface area contributed by atoms with Crippen LogP contribution in [-0.2, 0) is 5.41 Å². The summed E-state index contributed by atoms with van der Waals surface area (Å²) in [7, 11) is 0. The molecule has 1 N–H and O–H groups in total. The van der Waals surface area contributed by atoms with Crippen LogP contribution in [0.15, 0.2) is 24.3 Å². The first kappa shape index (κ1) is 11.8. The molecule has 0 spiro atoms. The maximum atomic E-state index is 9.54. The highest BCUT2D eigenvalue weighted by Gasteiger charge is 2.57. The second kappa shape index (κ2) is 3.77. The van der Waals surface area contributed by atoms with E-state index in [9.17, 15) is 5.11 Å². The fraction of sp³-hybridized carbons (Fsp3) is 0.667. The molecule has 0 radical (unpaired) electrons. The van der Waals surface area contributed by atoms with Gasteiger partial charge in [0.05, 0.1) is 0 Å². The SMILES string of the molecule is CCC12CC3CC(C1)CC(c1ccc(O)cc1)(C3)C2. The van der Waals surface area contributed by atoms with Gasteiger partial charge in [0.15, 0.2) is 0 Å². The minimum atomic E-state index is 0.402. The smallest absolute Gasteiger partial charge is 0.115 e. The quantitative estimate of drug-likeness (QED) is 0.817. The largest absolute Gasteiger partial charge is 0.508 e. The first-order chi connectivity index (χ1) is 9.13. The fourth-order valence-electron chi connectivity index (χ4n) is 6.02. The summed E-state index contributed by atoms with van der Waals surface area (Å²) in [6.07, 6.45) is 10.0. The van der Waals surface area contributed by atoms with Gasteiger partial charge in [-0.15, -0.1) is 0 Å². The van der Waals surface area contributed by atoms with Crippen molar-refractivity contribution >= 4 is 0 Å². The lowest BCUT2D eigenvalue weighted by Gasteiger charge is -2.62. The molecule has 2 atom stereocenters. The van der Waals surface area contributed by atoms with Gasteiger partial charge in [0, 0.05) is 0 Å². The van der Waals surface area contributed by atoms with Gasteiger partial charge in [0.1, 0.15) is 5.75 Å². The molecule has 0 aliphatic heterocycles. The number of benzene rings is 1. The van der Waals surface area contributed by atoms with Crippen LogP contribution >= 0.6 is 0 Å². The number of phenolic OH excluding ortho intramolecular Hbond substituents is 1. The number of hydrogen-bond donors (Lipinski definition) is 1. The molecule has 1 aromatic carbocycles. The molecule has 0 aromatic heterocycles. The average Bonchev–Trinajstić information content (AvgIpc) is 2.38. The third-order valence-electron chi connectivity index (χ3n) is 6.41. The van der Waals surface area contributed by atoms with Crippen LogP contribution in [0.5, 0.6) is 5.75 Å². The van der Waals surface area contributed by atoms with E-state index < -0.39 is 0 Å². The molecule has 5 rings (SSSR count). The Bertz CT molecular complexity index is 473. The molecular weight excluding hydrogens is 232 g/mol. The lowest BCUT2D eigenvalue weighted by Crippen LogP contribution is -2.53. The Kier molecular flexibility index (Phi) is 2.35. The van der Waals surface area contributed by atoms with Crippen molar-refractivity contribution in [1.82, 2.24) is 0 Å². The van der Waals surface area contributed by atoms with Crippen LogP contribution in [0.4, 0.5) is 0 Å². The predicted octanol–water partition coefficient (Wildman–Crippen LogP) is 4.64. The van der Waals surface area contributed by atoms with Gasteiger partial charge in [0.2, 0.25) is 0 Å². The van der Waals surface area contributed by atoms with Gasteiger partial charge in [-0.1, -0.05) is 25.5 Å². The van der Waals surface area contributed by atoms with Crippen molar-refractivity contribution < 1.29 is 5.11 Å². The van der Waals surface area contributed by atoms with Gasteiger partial charge in [-0.25, -0.2) is 0 Å². The fourth-order valence-corrected chi connectivity index (χ4v) is 6.02. The zero-order valence-electron chi connectivity index (χ0n) is 11.9. The lowest BCUT2D eigenvalue weighted by atomic mass is 9.42. The van der Waals surface area contributed by atoms with Gasteiger partial charge in [0.25, 0.3) is 0 Å². The van der Waals surface area contributed by atoms with Crippen molar-refractivity contribution in [2.75, 3.05) is 0 Å². The summed E-state index contributed by atoms with van der Waals surface area (Å²) in [4.78, 5) is 0. The Morgan fingerprint density at radius 2 is 1.68 bits per heavy atom. The molecule has 2 unspecified atom stereocenters. The number of hydrogen-bond acceptors (Lipinski definition) is 1. The highest BCUT2D eigenvalue weighted by Crippen LogP contribution is 2.66. The summed E-state index contributed by atoms with van der Waals surface area (Å²) >= 11 is 0.